The van der Waals surface area contributed by atoms with Crippen molar-refractivity contribution in [1.82, 2.24) is 9.80 Å². The van der Waals surface area contributed by atoms with E-state index < -0.39 is 0 Å². The Morgan fingerprint density at radius 1 is 1.13 bits per heavy atom. The average molecular weight is 410 g/mol. The first-order valence-electron chi connectivity index (χ1n) is 11.6. The monoisotopic (exact) mass is 409 g/mol. The first-order chi connectivity index (χ1) is 14.6. The van der Waals surface area contributed by atoms with Gasteiger partial charge in [-0.3, -0.25) is 9.80 Å². The number of nitrogens with zero attached hydrogens (tertiary/aromatic N) is 3. The molecule has 5 heterocycles. The predicted molar refractivity (Wildman–Crippen MR) is 117 cm³/mol. The SMILES string of the molecule is C[C@@H]1CN2C[C@H](O)CC2CN1Cc1cc2cc3c4c(c2oc1=O)CCCN4CCC3. The molecule has 6 nitrogen and oxygen atoms in total. The van der Waals surface area contributed by atoms with Crippen molar-refractivity contribution in [2.45, 2.75) is 63.8 Å². The number of fused-ring (bicyclic) bond motifs is 3. The minimum atomic E-state index is -0.212. The second kappa shape index (κ2) is 7.08. The van der Waals surface area contributed by atoms with Crippen LogP contribution in [0.2, 0.25) is 0 Å². The Kier molecular flexibility index (Phi) is 4.44. The van der Waals surface area contributed by atoms with Crippen molar-refractivity contribution in [3.8, 4) is 0 Å². The van der Waals surface area contributed by atoms with Crippen LogP contribution in [-0.4, -0.2) is 65.8 Å². The molecule has 2 fully saturated rings. The van der Waals surface area contributed by atoms with Crippen LogP contribution in [0, 0.1) is 0 Å². The fourth-order valence-electron chi connectivity index (χ4n) is 6.31. The highest BCUT2D eigenvalue weighted by atomic mass is 16.4. The van der Waals surface area contributed by atoms with E-state index in [0.717, 1.165) is 74.9 Å². The van der Waals surface area contributed by atoms with Crippen LogP contribution >= 0.6 is 0 Å². The van der Waals surface area contributed by atoms with E-state index in [1.54, 1.807) is 0 Å². The minimum absolute atomic E-state index is 0.187. The first-order valence-corrected chi connectivity index (χ1v) is 11.6. The van der Waals surface area contributed by atoms with Crippen molar-refractivity contribution in [2.75, 3.05) is 37.6 Å². The van der Waals surface area contributed by atoms with Crippen molar-refractivity contribution in [2.24, 2.45) is 0 Å². The summed E-state index contributed by atoms with van der Waals surface area (Å²) >= 11 is 0. The van der Waals surface area contributed by atoms with Gasteiger partial charge in [-0.2, -0.15) is 0 Å². The standard InChI is InChI=1S/C24H31N3O3/c1-15-11-27-14-20(28)10-19(27)13-26(15)12-18-9-17-8-16-4-2-6-25-7-3-5-21(22(16)25)23(17)30-24(18)29/h8-9,15,19-20,28H,2-7,10-14H2,1H3/t15-,19?,20-/m1/s1. The number of piperazine rings is 1. The molecule has 2 saturated heterocycles. The van der Waals surface area contributed by atoms with Crippen LogP contribution in [0.15, 0.2) is 21.3 Å². The molecule has 1 aromatic heterocycles. The van der Waals surface area contributed by atoms with Crippen molar-refractivity contribution in [1.29, 1.82) is 0 Å². The lowest BCUT2D eigenvalue weighted by Crippen LogP contribution is -2.54. The molecule has 6 heteroatoms. The van der Waals surface area contributed by atoms with Crippen LogP contribution in [0.3, 0.4) is 0 Å². The summed E-state index contributed by atoms with van der Waals surface area (Å²) < 4.78 is 5.98. The topological polar surface area (TPSA) is 60.2 Å². The third-order valence-corrected chi connectivity index (χ3v) is 7.73. The molecule has 4 aliphatic rings. The van der Waals surface area contributed by atoms with Crippen molar-refractivity contribution >= 4 is 16.7 Å². The zero-order valence-electron chi connectivity index (χ0n) is 17.8. The van der Waals surface area contributed by atoms with Crippen LogP contribution < -0.4 is 10.5 Å². The zero-order valence-corrected chi connectivity index (χ0v) is 17.8. The third kappa shape index (κ3) is 3.00. The van der Waals surface area contributed by atoms with Gasteiger partial charge in [0.25, 0.3) is 0 Å². The summed E-state index contributed by atoms with van der Waals surface area (Å²) in [5, 5.41) is 11.1. The van der Waals surface area contributed by atoms with Gasteiger partial charge in [0, 0.05) is 68.0 Å². The third-order valence-electron chi connectivity index (χ3n) is 7.73. The summed E-state index contributed by atoms with van der Waals surface area (Å²) in [6, 6.07) is 5.12. The molecule has 3 atom stereocenters. The van der Waals surface area contributed by atoms with Gasteiger partial charge < -0.3 is 14.4 Å². The highest BCUT2D eigenvalue weighted by Gasteiger charge is 2.38. The van der Waals surface area contributed by atoms with Gasteiger partial charge >= 0.3 is 5.63 Å². The molecule has 160 valence electrons. The molecule has 4 aliphatic heterocycles. The fraction of sp³-hybridized carbons (Fsp3) is 0.625. The molecule has 0 radical (unpaired) electrons. The summed E-state index contributed by atoms with van der Waals surface area (Å²) in [6.07, 6.45) is 5.08. The van der Waals surface area contributed by atoms with Crippen molar-refractivity contribution < 1.29 is 9.52 Å². The van der Waals surface area contributed by atoms with Crippen LogP contribution in [0.5, 0.6) is 0 Å². The van der Waals surface area contributed by atoms with E-state index in [2.05, 4.69) is 33.8 Å². The Balaban J connectivity index is 1.35. The van der Waals surface area contributed by atoms with Gasteiger partial charge in [-0.25, -0.2) is 4.79 Å². The van der Waals surface area contributed by atoms with E-state index in [1.807, 2.05) is 0 Å². The molecular weight excluding hydrogens is 378 g/mol. The Morgan fingerprint density at radius 3 is 2.83 bits per heavy atom. The highest BCUT2D eigenvalue weighted by molar-refractivity contribution is 5.88. The molecule has 0 bridgehead atoms. The van der Waals surface area contributed by atoms with Gasteiger partial charge in [0.05, 0.1) is 11.7 Å². The molecule has 0 spiro atoms. The second-order valence-electron chi connectivity index (χ2n) is 9.81. The Morgan fingerprint density at radius 2 is 1.97 bits per heavy atom. The van der Waals surface area contributed by atoms with Gasteiger partial charge in [0.15, 0.2) is 0 Å². The van der Waals surface area contributed by atoms with Crippen LogP contribution in [0.1, 0.15) is 42.9 Å². The number of aliphatic hydroxyl groups is 1. The zero-order chi connectivity index (χ0) is 20.4. The normalized spacial score (nSPS) is 29.3. The summed E-state index contributed by atoms with van der Waals surface area (Å²) in [6.45, 7) is 7.72. The molecular formula is C24H31N3O3. The summed E-state index contributed by atoms with van der Waals surface area (Å²) in [5.74, 6) is 0. The lowest BCUT2D eigenvalue weighted by molar-refractivity contribution is 0.0522. The number of benzene rings is 1. The quantitative estimate of drug-likeness (QED) is 0.767. The average Bonchev–Trinajstić information content (AvgIpc) is 3.08. The van der Waals surface area contributed by atoms with Crippen molar-refractivity contribution in [3.63, 3.8) is 0 Å². The Hall–Kier alpha value is -1.89. The molecule has 0 aliphatic carbocycles. The fourth-order valence-corrected chi connectivity index (χ4v) is 6.31. The Bertz CT molecular complexity index is 1050. The molecule has 2 aromatic rings. The van der Waals surface area contributed by atoms with E-state index in [1.165, 1.54) is 23.2 Å². The van der Waals surface area contributed by atoms with E-state index in [-0.39, 0.29) is 11.7 Å². The molecule has 0 saturated carbocycles. The number of rotatable bonds is 2. The van der Waals surface area contributed by atoms with E-state index in [4.69, 9.17) is 4.42 Å². The maximum atomic E-state index is 13.0. The van der Waals surface area contributed by atoms with Gasteiger partial charge in [0.1, 0.15) is 5.58 Å². The van der Waals surface area contributed by atoms with Crippen molar-refractivity contribution in [3.05, 3.63) is 39.2 Å². The van der Waals surface area contributed by atoms with Gasteiger partial charge in [-0.1, -0.05) is 0 Å². The van der Waals surface area contributed by atoms with E-state index in [9.17, 15) is 9.90 Å². The highest BCUT2D eigenvalue weighted by Crippen LogP contribution is 2.39. The molecule has 1 unspecified atom stereocenters. The first kappa shape index (κ1) is 18.8. The smallest absolute Gasteiger partial charge is 0.340 e. The number of hydrogen-bond acceptors (Lipinski definition) is 6. The largest absolute Gasteiger partial charge is 0.422 e. The predicted octanol–water partition coefficient (Wildman–Crippen LogP) is 2.13. The molecule has 1 N–H and O–H groups in total. The molecule has 0 amide bonds. The summed E-state index contributed by atoms with van der Waals surface area (Å²) in [4.78, 5) is 20.3. The molecule has 1 aromatic carbocycles. The number of aryl methyl sites for hydroxylation is 2. The Labute approximate surface area is 177 Å². The van der Waals surface area contributed by atoms with Crippen LogP contribution in [-0.2, 0) is 19.4 Å². The van der Waals surface area contributed by atoms with E-state index in [0.29, 0.717) is 18.6 Å². The molecule has 30 heavy (non-hydrogen) atoms. The maximum Gasteiger partial charge on any atom is 0.340 e. The van der Waals surface area contributed by atoms with Gasteiger partial charge in [-0.15, -0.1) is 0 Å². The van der Waals surface area contributed by atoms with Gasteiger partial charge in [0.2, 0.25) is 0 Å². The van der Waals surface area contributed by atoms with E-state index >= 15 is 0 Å². The lowest BCUT2D eigenvalue weighted by Gasteiger charge is -2.42. The minimum Gasteiger partial charge on any atom is -0.422 e. The van der Waals surface area contributed by atoms with Gasteiger partial charge in [-0.05, 0) is 56.7 Å². The van der Waals surface area contributed by atoms with Crippen LogP contribution in [0.4, 0.5) is 5.69 Å². The number of aliphatic hydroxyl groups excluding tert-OH is 1. The lowest BCUT2D eigenvalue weighted by atomic mass is 9.90. The summed E-state index contributed by atoms with van der Waals surface area (Å²) in [5.41, 5.74) is 5.40. The number of hydrogen-bond donors (Lipinski definition) is 1. The van der Waals surface area contributed by atoms with Crippen LogP contribution in [0.25, 0.3) is 11.0 Å². The molecule has 6 rings (SSSR count). The maximum absolute atomic E-state index is 13.0. The number of anilines is 1. The second-order valence-corrected chi connectivity index (χ2v) is 9.81. The summed E-state index contributed by atoms with van der Waals surface area (Å²) in [7, 11) is 0.